The first-order valence-corrected chi connectivity index (χ1v) is 8.44. The third-order valence-electron chi connectivity index (χ3n) is 3.38. The van der Waals surface area contributed by atoms with E-state index in [0.717, 1.165) is 37.4 Å². The first-order valence-electron chi connectivity index (χ1n) is 6.80. The average Bonchev–Trinajstić information content (AvgIpc) is 3.06. The molecule has 0 saturated carbocycles. The van der Waals surface area contributed by atoms with E-state index < -0.39 is 0 Å². The molecule has 1 aliphatic heterocycles. The van der Waals surface area contributed by atoms with Crippen molar-refractivity contribution >= 4 is 46.0 Å². The summed E-state index contributed by atoms with van der Waals surface area (Å²) in [5, 5.41) is 1.89. The molecular formula is C16H13N2O3S2+. The average molecular weight is 345 g/mol. The number of carbonyl (C=O) groups excluding carboxylic acids is 2. The zero-order chi connectivity index (χ0) is 16.6. The van der Waals surface area contributed by atoms with Crippen LogP contribution in [0.3, 0.4) is 0 Å². The number of amides is 2. The molecule has 1 aromatic heterocycles. The van der Waals surface area contributed by atoms with Crippen molar-refractivity contribution in [2.45, 2.75) is 6.92 Å². The van der Waals surface area contributed by atoms with Gasteiger partial charge in [0.2, 0.25) is 0 Å². The van der Waals surface area contributed by atoms with E-state index in [2.05, 4.69) is 5.32 Å². The van der Waals surface area contributed by atoms with E-state index in [9.17, 15) is 14.5 Å². The molecule has 1 N–H and O–H groups in total. The van der Waals surface area contributed by atoms with Gasteiger partial charge in [-0.05, 0) is 42.5 Å². The van der Waals surface area contributed by atoms with Crippen LogP contribution in [-0.2, 0) is 4.79 Å². The third kappa shape index (κ3) is 3.25. The second kappa shape index (κ2) is 6.10. The van der Waals surface area contributed by atoms with Crippen LogP contribution in [0.5, 0.6) is 0 Å². The predicted octanol–water partition coefficient (Wildman–Crippen LogP) is 4.09. The zero-order valence-electron chi connectivity index (χ0n) is 12.5. The van der Waals surface area contributed by atoms with Crippen LogP contribution in [0.25, 0.3) is 16.5 Å². The Morgan fingerprint density at radius 3 is 2.61 bits per heavy atom. The Balaban J connectivity index is 1.92. The van der Waals surface area contributed by atoms with Crippen molar-refractivity contribution in [2.75, 3.05) is 7.05 Å². The molecule has 7 heteroatoms. The van der Waals surface area contributed by atoms with Gasteiger partial charge in [0.1, 0.15) is 0 Å². The molecule has 1 saturated heterocycles. The summed E-state index contributed by atoms with van der Waals surface area (Å²) in [4.78, 5) is 36.6. The molecule has 0 spiro atoms. The Bertz CT molecular complexity index is 868. The maximum Gasteiger partial charge on any atom is 0.290 e. The minimum Gasteiger partial charge on any atom is -0.282 e. The monoisotopic (exact) mass is 345 g/mol. The summed E-state index contributed by atoms with van der Waals surface area (Å²) >= 11 is 2.40. The van der Waals surface area contributed by atoms with Gasteiger partial charge in [-0.15, -0.1) is 11.3 Å². The van der Waals surface area contributed by atoms with Gasteiger partial charge in [-0.25, -0.2) is 0 Å². The highest BCUT2D eigenvalue weighted by Crippen LogP contribution is 2.34. The van der Waals surface area contributed by atoms with E-state index in [0.29, 0.717) is 10.6 Å². The number of nitrogens with one attached hydrogen (secondary N) is 1. The van der Waals surface area contributed by atoms with Gasteiger partial charge in [-0.1, -0.05) is 12.1 Å². The quantitative estimate of drug-likeness (QED) is 0.672. The fraction of sp³-hybridized carbons (Fsp3) is 0.125. The van der Waals surface area contributed by atoms with Crippen LogP contribution in [0, 0.1) is 11.8 Å². The van der Waals surface area contributed by atoms with Crippen molar-refractivity contribution in [2.24, 2.45) is 0 Å². The van der Waals surface area contributed by atoms with Gasteiger partial charge in [0.15, 0.2) is 7.05 Å². The Hall–Kier alpha value is -2.25. The van der Waals surface area contributed by atoms with Crippen molar-refractivity contribution in [1.29, 1.82) is 0 Å². The third-order valence-corrected chi connectivity index (χ3v) is 5.27. The standard InChI is InChI=1S/C16H12N2O3S2/c1-9-3-4-10(7-12(9)18(2)21)13-6-5-11(22-13)8-14-15(19)17-16(20)23-14/h3-8H,1-2H3/p+1. The molecule has 0 bridgehead atoms. The summed E-state index contributed by atoms with van der Waals surface area (Å²) in [7, 11) is 1.48. The van der Waals surface area contributed by atoms with Crippen molar-refractivity contribution in [3.8, 4) is 10.4 Å². The number of carbonyl (C=O) groups is 2. The van der Waals surface area contributed by atoms with Gasteiger partial charge < -0.3 is 0 Å². The van der Waals surface area contributed by atoms with Crippen LogP contribution < -0.4 is 5.32 Å². The summed E-state index contributed by atoms with van der Waals surface area (Å²) in [6.45, 7) is 1.89. The number of nitroso groups, excluding NO2 is 1. The normalized spacial score (nSPS) is 16.0. The summed E-state index contributed by atoms with van der Waals surface area (Å²) in [6.07, 6.45) is 1.70. The molecule has 116 valence electrons. The molecule has 0 unspecified atom stereocenters. The number of hydrogen-bond donors (Lipinski definition) is 1. The summed E-state index contributed by atoms with van der Waals surface area (Å²) in [6, 6.07) is 9.56. The summed E-state index contributed by atoms with van der Waals surface area (Å²) in [5.41, 5.74) is 2.50. The number of nitrogens with zero attached hydrogens (tertiary/aromatic N) is 1. The van der Waals surface area contributed by atoms with Gasteiger partial charge in [0.25, 0.3) is 16.8 Å². The number of imide groups is 1. The smallest absolute Gasteiger partial charge is 0.282 e. The van der Waals surface area contributed by atoms with Gasteiger partial charge >= 0.3 is 0 Å². The van der Waals surface area contributed by atoms with Crippen LogP contribution in [0.15, 0.2) is 35.2 Å². The van der Waals surface area contributed by atoms with E-state index in [1.54, 1.807) is 6.08 Å². The minimum absolute atomic E-state index is 0.348. The second-order valence-electron chi connectivity index (χ2n) is 5.05. The molecule has 1 aromatic carbocycles. The Morgan fingerprint density at radius 1 is 1.17 bits per heavy atom. The number of thioether (sulfide) groups is 1. The second-order valence-corrected chi connectivity index (χ2v) is 7.18. The van der Waals surface area contributed by atoms with Gasteiger partial charge in [0, 0.05) is 31.1 Å². The first-order chi connectivity index (χ1) is 10.9. The minimum atomic E-state index is -0.361. The predicted molar refractivity (Wildman–Crippen MR) is 92.8 cm³/mol. The maximum atomic E-state index is 11.6. The Kier molecular flexibility index (Phi) is 4.14. The molecule has 3 rings (SSSR count). The van der Waals surface area contributed by atoms with E-state index in [4.69, 9.17) is 0 Å². The molecule has 2 heterocycles. The summed E-state index contributed by atoms with van der Waals surface area (Å²) < 4.78 is 0.848. The highest BCUT2D eigenvalue weighted by atomic mass is 32.2. The highest BCUT2D eigenvalue weighted by Gasteiger charge is 2.25. The molecule has 0 atom stereocenters. The molecule has 2 amide bonds. The van der Waals surface area contributed by atoms with Crippen LogP contribution in [0.4, 0.5) is 10.5 Å². The van der Waals surface area contributed by atoms with Crippen LogP contribution >= 0.6 is 23.1 Å². The van der Waals surface area contributed by atoms with Crippen LogP contribution in [0.1, 0.15) is 10.4 Å². The number of thiophene rings is 1. The molecule has 0 aliphatic carbocycles. The summed E-state index contributed by atoms with van der Waals surface area (Å²) in [5.74, 6) is -0.361. The van der Waals surface area contributed by atoms with Gasteiger partial charge in [-0.3, -0.25) is 14.9 Å². The molecule has 0 radical (unpaired) electrons. The number of benzene rings is 1. The zero-order valence-corrected chi connectivity index (χ0v) is 14.1. The lowest BCUT2D eigenvalue weighted by Gasteiger charge is -1.99. The molecule has 23 heavy (non-hydrogen) atoms. The fourth-order valence-corrected chi connectivity index (χ4v) is 3.93. The van der Waals surface area contributed by atoms with Crippen LogP contribution in [0.2, 0.25) is 0 Å². The lowest BCUT2D eigenvalue weighted by atomic mass is 10.1. The van der Waals surface area contributed by atoms with Crippen molar-refractivity contribution in [1.82, 2.24) is 5.32 Å². The Morgan fingerprint density at radius 2 is 1.96 bits per heavy atom. The largest absolute Gasteiger partial charge is 0.290 e. The van der Waals surface area contributed by atoms with Crippen molar-refractivity contribution < 1.29 is 14.3 Å². The van der Waals surface area contributed by atoms with Crippen LogP contribution in [-0.4, -0.2) is 23.0 Å². The lowest BCUT2D eigenvalue weighted by Crippen LogP contribution is -2.17. The topological polar surface area (TPSA) is 66.2 Å². The molecule has 1 aliphatic rings. The Labute approximate surface area is 141 Å². The SMILES string of the molecule is Cc1ccc(-c2ccc(C=C3SC(=O)NC3=O)s2)cc1[N+](C)=O. The molecule has 1 fully saturated rings. The number of hydrogen-bond acceptors (Lipinski definition) is 5. The van der Waals surface area contributed by atoms with Gasteiger partial charge in [0.05, 0.1) is 4.91 Å². The molecule has 5 nitrogen and oxygen atoms in total. The lowest BCUT2D eigenvalue weighted by molar-refractivity contribution is -0.428. The highest BCUT2D eigenvalue weighted by molar-refractivity contribution is 8.18. The van der Waals surface area contributed by atoms with Crippen molar-refractivity contribution in [3.05, 3.63) is 50.6 Å². The van der Waals surface area contributed by atoms with E-state index >= 15 is 0 Å². The van der Waals surface area contributed by atoms with E-state index in [1.165, 1.54) is 18.4 Å². The van der Waals surface area contributed by atoms with Crippen molar-refractivity contribution in [3.63, 3.8) is 0 Å². The number of aryl methyl sites for hydroxylation is 1. The van der Waals surface area contributed by atoms with Gasteiger partial charge in [-0.2, -0.15) is 0 Å². The molecular weight excluding hydrogens is 332 g/mol. The van der Waals surface area contributed by atoms with E-state index in [-0.39, 0.29) is 11.1 Å². The number of rotatable bonds is 3. The fourth-order valence-electron chi connectivity index (χ4n) is 2.24. The van der Waals surface area contributed by atoms with E-state index in [1.807, 2.05) is 37.3 Å². The molecule has 2 aromatic rings. The first kappa shape index (κ1) is 15.6. The maximum absolute atomic E-state index is 11.6.